The molecule has 6 heavy (non-hydrogen) atoms. The Morgan fingerprint density at radius 1 is 1.83 bits per heavy atom. The highest BCUT2D eigenvalue weighted by Gasteiger charge is 1.61. The predicted octanol–water partition coefficient (Wildman–Crippen LogP) is -0.114. The van der Waals surface area contributed by atoms with Crippen LogP contribution in [0.5, 0.6) is 0 Å². The molecule has 0 saturated heterocycles. The van der Waals surface area contributed by atoms with Crippen LogP contribution in [0.2, 0.25) is 0 Å². The quantitative estimate of drug-likeness (QED) is 0.338. The smallest absolute Gasteiger partial charge is 0.397 e. The lowest BCUT2D eigenvalue weighted by Gasteiger charge is -1.52. The fourth-order valence-corrected chi connectivity index (χ4v) is 0. The van der Waals surface area contributed by atoms with Crippen molar-refractivity contribution in [3.05, 3.63) is 0 Å². The fourth-order valence-electron chi connectivity index (χ4n) is 0. The zero-order valence-corrected chi connectivity index (χ0v) is 4.23. The lowest BCUT2D eigenvalue weighted by atomic mass is 10.9. The van der Waals surface area contributed by atoms with E-state index >= 15 is 0 Å². The van der Waals surface area contributed by atoms with E-state index in [4.69, 9.17) is 13.9 Å². The second kappa shape index (κ2) is 20.4. The van der Waals surface area contributed by atoms with Crippen molar-refractivity contribution in [2.75, 3.05) is 6.61 Å². The second-order valence-electron chi connectivity index (χ2n) is 0.391. The lowest BCUT2D eigenvalue weighted by Crippen LogP contribution is -1.57. The van der Waals surface area contributed by atoms with Gasteiger partial charge < -0.3 is 5.11 Å². The third-order valence-electron chi connectivity index (χ3n) is 0. The van der Waals surface area contributed by atoms with Crippen molar-refractivity contribution in [1.29, 1.82) is 0 Å². The van der Waals surface area contributed by atoms with Crippen molar-refractivity contribution in [2.24, 2.45) is 0 Å². The van der Waals surface area contributed by atoms with Crippen molar-refractivity contribution in [3.63, 3.8) is 0 Å². The molecule has 0 atom stereocenters. The first-order valence-electron chi connectivity index (χ1n) is 1.37. The first kappa shape index (κ1) is 9.34. The van der Waals surface area contributed by atoms with Gasteiger partial charge in [-0.3, -0.25) is 0 Å². The van der Waals surface area contributed by atoms with Crippen LogP contribution in [0, 0.1) is 0 Å². The molecule has 0 saturated carbocycles. The van der Waals surface area contributed by atoms with E-state index in [0.29, 0.717) is 0 Å². The van der Waals surface area contributed by atoms with E-state index in [0.717, 1.165) is 0 Å². The molecule has 0 aromatic rings. The summed E-state index contributed by atoms with van der Waals surface area (Å²) < 4.78 is 15.3. The van der Waals surface area contributed by atoms with Gasteiger partial charge in [0.25, 0.3) is 0 Å². The Labute approximate surface area is 40.3 Å². The van der Waals surface area contributed by atoms with Crippen molar-refractivity contribution < 1.29 is 13.9 Å². The molecule has 4 heteroatoms. The van der Waals surface area contributed by atoms with Gasteiger partial charge in [0.2, 0.25) is 0 Å². The largest absolute Gasteiger partial charge is 0.690 e. The molecule has 0 aliphatic heterocycles. The van der Waals surface area contributed by atoms with Crippen LogP contribution in [0.3, 0.4) is 0 Å². The molecule has 0 aromatic carbocycles. The zero-order chi connectivity index (χ0) is 5.41. The van der Waals surface area contributed by atoms with Crippen LogP contribution in [0.15, 0.2) is 0 Å². The third-order valence-corrected chi connectivity index (χ3v) is 0. The minimum atomic E-state index is -0.500. The lowest BCUT2D eigenvalue weighted by molar-refractivity contribution is 0.318. The molecule has 38 valence electrons. The third kappa shape index (κ3) is 9460. The molecule has 0 fully saturated rings. The Hall–Kier alpha value is -0.0600. The molecule has 0 spiro atoms. The van der Waals surface area contributed by atoms with Gasteiger partial charge in [-0.1, -0.05) is 4.55 Å². The van der Waals surface area contributed by atoms with Crippen LogP contribution in [-0.2, 0) is 16.2 Å². The van der Waals surface area contributed by atoms with E-state index in [1.54, 1.807) is 6.92 Å². The number of rotatable bonds is 0. The fraction of sp³-hybridized carbons (Fsp3) is 1.00. The standard InChI is InChI=1S/C2H6O.O2S/c1-2-3;1-3-2/h3H,2H2,1H3;/p+1. The molecular formula is C2H7O3S+. The maximum absolute atomic E-state index is 8.40. The van der Waals surface area contributed by atoms with Crippen LogP contribution in [0.1, 0.15) is 6.92 Å². The molecule has 0 aliphatic rings. The maximum atomic E-state index is 8.40. The molecule has 0 heterocycles. The summed E-state index contributed by atoms with van der Waals surface area (Å²) >= 11 is -0.500. The number of hydrogen-bond donors (Lipinski definition) is 2. The number of aliphatic hydroxyl groups excluding tert-OH is 1. The van der Waals surface area contributed by atoms with Crippen LogP contribution in [0.4, 0.5) is 0 Å². The van der Waals surface area contributed by atoms with Gasteiger partial charge in [-0.25, -0.2) is 0 Å². The molecule has 0 amide bonds. The van der Waals surface area contributed by atoms with Gasteiger partial charge in [-0.05, 0) is 6.92 Å². The SMILES string of the molecule is CCO.O=[S+]O. The molecule has 0 aliphatic carbocycles. The van der Waals surface area contributed by atoms with Crippen molar-refractivity contribution in [3.8, 4) is 0 Å². The van der Waals surface area contributed by atoms with Crippen molar-refractivity contribution in [1.82, 2.24) is 0 Å². The Morgan fingerprint density at radius 3 is 1.83 bits per heavy atom. The van der Waals surface area contributed by atoms with Gasteiger partial charge in [0.15, 0.2) is 0 Å². The monoisotopic (exact) mass is 111 g/mol. The Bertz CT molecular complexity index is 22.8. The molecule has 0 radical (unpaired) electrons. The summed E-state index contributed by atoms with van der Waals surface area (Å²) in [7, 11) is 0. The van der Waals surface area contributed by atoms with Gasteiger partial charge in [0, 0.05) is 6.61 Å². The highest BCUT2D eigenvalue weighted by Crippen LogP contribution is 1.30. The van der Waals surface area contributed by atoms with Gasteiger partial charge in [-0.2, -0.15) is 0 Å². The van der Waals surface area contributed by atoms with E-state index in [1.165, 1.54) is 0 Å². The van der Waals surface area contributed by atoms with Crippen LogP contribution < -0.4 is 0 Å². The summed E-state index contributed by atoms with van der Waals surface area (Å²) in [5, 5.41) is 7.57. The van der Waals surface area contributed by atoms with E-state index in [1.807, 2.05) is 0 Å². The number of aliphatic hydroxyl groups is 1. The Morgan fingerprint density at radius 2 is 1.83 bits per heavy atom. The van der Waals surface area contributed by atoms with E-state index < -0.39 is 11.9 Å². The molecule has 2 N–H and O–H groups in total. The number of hydrogen-bond acceptors (Lipinski definition) is 2. The first-order valence-corrected chi connectivity index (χ1v) is 2.07. The second-order valence-corrected chi connectivity index (χ2v) is 0.540. The van der Waals surface area contributed by atoms with Crippen LogP contribution in [-0.4, -0.2) is 16.3 Å². The van der Waals surface area contributed by atoms with E-state index in [-0.39, 0.29) is 6.61 Å². The normalized spacial score (nSPS) is 5.17. The van der Waals surface area contributed by atoms with Crippen molar-refractivity contribution >= 4 is 11.9 Å². The highest BCUT2D eigenvalue weighted by atomic mass is 32.2. The molecule has 0 rings (SSSR count). The summed E-state index contributed by atoms with van der Waals surface area (Å²) in [6, 6.07) is 0. The summed E-state index contributed by atoms with van der Waals surface area (Å²) in [4.78, 5) is 0. The minimum Gasteiger partial charge on any atom is -0.397 e. The summed E-state index contributed by atoms with van der Waals surface area (Å²) in [6.07, 6.45) is 0. The molecule has 0 unspecified atom stereocenters. The summed E-state index contributed by atoms with van der Waals surface area (Å²) in [6.45, 7) is 1.93. The Kier molecular flexibility index (Phi) is 31.7. The first-order chi connectivity index (χ1) is 2.83. The average molecular weight is 111 g/mol. The molecule has 0 aromatic heterocycles. The average Bonchev–Trinajstić information content (AvgIpc) is 1.39. The Balaban J connectivity index is 0. The molecule has 3 nitrogen and oxygen atoms in total. The topological polar surface area (TPSA) is 57.5 Å². The van der Waals surface area contributed by atoms with Crippen LogP contribution >= 0.6 is 0 Å². The van der Waals surface area contributed by atoms with Gasteiger partial charge in [0.1, 0.15) is 0 Å². The highest BCUT2D eigenvalue weighted by molar-refractivity contribution is 7.59. The molecule has 0 bridgehead atoms. The zero-order valence-electron chi connectivity index (χ0n) is 3.42. The molecular weight excluding hydrogens is 104 g/mol. The van der Waals surface area contributed by atoms with Crippen molar-refractivity contribution in [2.45, 2.75) is 6.92 Å². The maximum Gasteiger partial charge on any atom is 0.690 e. The summed E-state index contributed by atoms with van der Waals surface area (Å²) in [5.41, 5.74) is 0. The van der Waals surface area contributed by atoms with Gasteiger partial charge >= 0.3 is 11.9 Å². The minimum absolute atomic E-state index is 0.250. The van der Waals surface area contributed by atoms with Crippen LogP contribution in [0.25, 0.3) is 0 Å². The summed E-state index contributed by atoms with van der Waals surface area (Å²) in [5.74, 6) is 0. The van der Waals surface area contributed by atoms with Gasteiger partial charge in [-0.15, -0.1) is 0 Å². The van der Waals surface area contributed by atoms with Gasteiger partial charge in [0.05, 0.1) is 4.21 Å². The predicted molar refractivity (Wildman–Crippen MR) is 23.4 cm³/mol. The van der Waals surface area contributed by atoms with E-state index in [2.05, 4.69) is 0 Å². The van der Waals surface area contributed by atoms with E-state index in [9.17, 15) is 0 Å².